The molecular weight excluding hydrogens is 584 g/mol. The van der Waals surface area contributed by atoms with E-state index in [1.165, 1.54) is 0 Å². The van der Waals surface area contributed by atoms with Crippen molar-refractivity contribution in [2.75, 3.05) is 19.6 Å². The third-order valence-corrected chi connectivity index (χ3v) is 7.49. The maximum absolute atomic E-state index is 13.2. The molecular formula is C28H22BrClN6O3. The Hall–Kier alpha value is -4.02. The number of hydrogen-bond acceptors (Lipinski definition) is 6. The van der Waals surface area contributed by atoms with Gasteiger partial charge in [0.1, 0.15) is 11.2 Å². The number of oxazole rings is 1. The number of halogens is 2. The molecule has 9 nitrogen and oxygen atoms in total. The van der Waals surface area contributed by atoms with E-state index >= 15 is 0 Å². The molecule has 0 unspecified atom stereocenters. The molecule has 0 atom stereocenters. The van der Waals surface area contributed by atoms with E-state index in [0.29, 0.717) is 47.3 Å². The number of nitrogens with zero attached hydrogens (tertiary/aromatic N) is 6. The number of para-hydroxylation sites is 1. The van der Waals surface area contributed by atoms with E-state index in [1.54, 1.807) is 32.8 Å². The fraction of sp³-hybridized carbons (Fsp3) is 0.179. The van der Waals surface area contributed by atoms with Crippen LogP contribution in [0.25, 0.3) is 28.2 Å². The molecule has 3 aromatic carbocycles. The molecule has 1 saturated heterocycles. The van der Waals surface area contributed by atoms with Crippen molar-refractivity contribution < 1.29 is 14.0 Å². The number of carbonyl (C=O) groups is 2. The number of benzene rings is 3. The van der Waals surface area contributed by atoms with Crippen LogP contribution in [0.5, 0.6) is 0 Å². The third-order valence-electron chi connectivity index (χ3n) is 6.59. The Labute approximate surface area is 237 Å². The maximum atomic E-state index is 13.2. The predicted molar refractivity (Wildman–Crippen MR) is 149 cm³/mol. The molecule has 1 aliphatic rings. The van der Waals surface area contributed by atoms with Gasteiger partial charge in [-0.05, 0) is 57.9 Å². The number of amides is 2. The van der Waals surface area contributed by atoms with Crippen molar-refractivity contribution in [2.45, 2.75) is 13.0 Å². The fourth-order valence-electron chi connectivity index (χ4n) is 4.56. The lowest BCUT2D eigenvalue weighted by molar-refractivity contribution is -0.145. The summed E-state index contributed by atoms with van der Waals surface area (Å²) in [6.45, 7) is 1.16. The summed E-state index contributed by atoms with van der Waals surface area (Å²) < 4.78 is 8.37. The van der Waals surface area contributed by atoms with Crippen LogP contribution < -0.4 is 0 Å². The molecule has 6 rings (SSSR count). The van der Waals surface area contributed by atoms with Gasteiger partial charge in [0.2, 0.25) is 17.7 Å². The van der Waals surface area contributed by atoms with Gasteiger partial charge in [-0.25, -0.2) is 9.67 Å². The summed E-state index contributed by atoms with van der Waals surface area (Å²) in [7, 11) is 0. The molecule has 5 aromatic rings. The molecule has 0 saturated carbocycles. The highest BCUT2D eigenvalue weighted by Gasteiger charge is 2.28. The van der Waals surface area contributed by atoms with Crippen molar-refractivity contribution in [2.24, 2.45) is 0 Å². The minimum absolute atomic E-state index is 0.0108. The number of rotatable bonds is 6. The van der Waals surface area contributed by atoms with Gasteiger partial charge in [-0.2, -0.15) is 0 Å². The molecule has 0 aliphatic carbocycles. The molecule has 2 aromatic heterocycles. The van der Waals surface area contributed by atoms with E-state index < -0.39 is 0 Å². The zero-order chi connectivity index (χ0) is 26.9. The standard InChI is InChI=1S/C28H22BrClN6O3/c29-22-10-9-20(30)14-23(22)36-16-21(32-33-36)15-34-11-12-35(17-26(34)38)25(37)13-19-7-4-8-24-27(19)31-28(39-24)18-5-2-1-3-6-18/h1-10,14,16H,11-13,15,17H2. The smallest absolute Gasteiger partial charge is 0.242 e. The monoisotopic (exact) mass is 604 g/mol. The number of carbonyl (C=O) groups excluding carboxylic acids is 2. The molecule has 1 aliphatic heterocycles. The second-order valence-electron chi connectivity index (χ2n) is 9.21. The number of fused-ring (bicyclic) bond motifs is 1. The summed E-state index contributed by atoms with van der Waals surface area (Å²) in [5.41, 5.74) is 4.31. The summed E-state index contributed by atoms with van der Waals surface area (Å²) in [6.07, 6.45) is 1.90. The molecule has 0 N–H and O–H groups in total. The first kappa shape index (κ1) is 25.3. The first-order valence-corrected chi connectivity index (χ1v) is 13.5. The van der Waals surface area contributed by atoms with Gasteiger partial charge in [0, 0.05) is 28.1 Å². The Bertz CT molecular complexity index is 1690. The van der Waals surface area contributed by atoms with Gasteiger partial charge < -0.3 is 14.2 Å². The first-order valence-electron chi connectivity index (χ1n) is 12.3. The SMILES string of the molecule is O=C(Cc1cccc2oc(-c3ccccc3)nc12)N1CCN(Cc2cn(-c3cc(Cl)ccc3Br)nn2)C(=O)C1. The van der Waals surface area contributed by atoms with Crippen LogP contribution in [-0.4, -0.2) is 61.2 Å². The zero-order valence-corrected chi connectivity index (χ0v) is 23.0. The molecule has 11 heteroatoms. The predicted octanol–water partition coefficient (Wildman–Crippen LogP) is 4.90. The van der Waals surface area contributed by atoms with Crippen LogP contribution >= 0.6 is 27.5 Å². The Morgan fingerprint density at radius 1 is 1.05 bits per heavy atom. The van der Waals surface area contributed by atoms with Gasteiger partial charge in [-0.1, -0.05) is 47.1 Å². The Balaban J connectivity index is 1.11. The van der Waals surface area contributed by atoms with Gasteiger partial charge in [-0.3, -0.25) is 9.59 Å². The van der Waals surface area contributed by atoms with Crippen LogP contribution in [0.2, 0.25) is 5.02 Å². The summed E-state index contributed by atoms with van der Waals surface area (Å²) in [5.74, 6) is 0.240. The maximum Gasteiger partial charge on any atom is 0.242 e. The molecule has 39 heavy (non-hydrogen) atoms. The molecule has 0 radical (unpaired) electrons. The fourth-order valence-corrected chi connectivity index (χ4v) is 5.16. The van der Waals surface area contributed by atoms with Crippen molar-refractivity contribution in [1.82, 2.24) is 29.8 Å². The lowest BCUT2D eigenvalue weighted by Crippen LogP contribution is -2.52. The van der Waals surface area contributed by atoms with Crippen molar-refractivity contribution in [1.29, 1.82) is 0 Å². The molecule has 1 fully saturated rings. The largest absolute Gasteiger partial charge is 0.436 e. The molecule has 0 bridgehead atoms. The highest BCUT2D eigenvalue weighted by molar-refractivity contribution is 9.10. The number of hydrogen-bond donors (Lipinski definition) is 0. The summed E-state index contributed by atoms with van der Waals surface area (Å²) >= 11 is 9.61. The van der Waals surface area contributed by atoms with E-state index in [4.69, 9.17) is 16.0 Å². The van der Waals surface area contributed by atoms with Gasteiger partial charge in [0.05, 0.1) is 31.4 Å². The van der Waals surface area contributed by atoms with Crippen LogP contribution in [-0.2, 0) is 22.6 Å². The van der Waals surface area contributed by atoms with Crippen LogP contribution in [0, 0.1) is 0 Å². The van der Waals surface area contributed by atoms with Crippen LogP contribution in [0.1, 0.15) is 11.3 Å². The topological polar surface area (TPSA) is 97.4 Å². The van der Waals surface area contributed by atoms with Crippen molar-refractivity contribution in [3.63, 3.8) is 0 Å². The van der Waals surface area contributed by atoms with Crippen molar-refractivity contribution >= 4 is 50.4 Å². The second kappa shape index (κ2) is 10.6. The van der Waals surface area contributed by atoms with Crippen molar-refractivity contribution in [3.8, 4) is 17.1 Å². The normalized spacial score (nSPS) is 13.8. The van der Waals surface area contributed by atoms with Gasteiger partial charge in [0.25, 0.3) is 0 Å². The molecule has 3 heterocycles. The minimum atomic E-state index is -0.140. The van der Waals surface area contributed by atoms with Gasteiger partial charge >= 0.3 is 0 Å². The van der Waals surface area contributed by atoms with Gasteiger partial charge in [-0.15, -0.1) is 5.10 Å². The average molecular weight is 606 g/mol. The van der Waals surface area contributed by atoms with E-state index in [9.17, 15) is 9.59 Å². The summed E-state index contributed by atoms with van der Waals surface area (Å²) in [6, 6.07) is 20.6. The first-order chi connectivity index (χ1) is 18.9. The zero-order valence-electron chi connectivity index (χ0n) is 20.6. The van der Waals surface area contributed by atoms with E-state index in [-0.39, 0.29) is 24.8 Å². The van der Waals surface area contributed by atoms with E-state index in [1.807, 2.05) is 54.6 Å². The minimum Gasteiger partial charge on any atom is -0.436 e. The Morgan fingerprint density at radius 3 is 2.72 bits per heavy atom. The lowest BCUT2D eigenvalue weighted by Gasteiger charge is -2.34. The van der Waals surface area contributed by atoms with Crippen LogP contribution in [0.15, 0.2) is 81.8 Å². The Kier molecular flexibility index (Phi) is 6.88. The molecule has 2 amide bonds. The van der Waals surface area contributed by atoms with Crippen LogP contribution in [0.4, 0.5) is 0 Å². The average Bonchev–Trinajstić information content (AvgIpc) is 3.60. The Morgan fingerprint density at radius 2 is 1.90 bits per heavy atom. The summed E-state index contributed by atoms with van der Waals surface area (Å²) in [4.78, 5) is 34.0. The number of piperazine rings is 1. The second-order valence-corrected chi connectivity index (χ2v) is 10.5. The number of aromatic nitrogens is 4. The highest BCUT2D eigenvalue weighted by Crippen LogP contribution is 2.27. The molecule has 196 valence electrons. The summed E-state index contributed by atoms with van der Waals surface area (Å²) in [5, 5.41) is 8.97. The van der Waals surface area contributed by atoms with Crippen molar-refractivity contribution in [3.05, 3.63) is 93.7 Å². The van der Waals surface area contributed by atoms with Crippen LogP contribution in [0.3, 0.4) is 0 Å². The highest BCUT2D eigenvalue weighted by atomic mass is 79.9. The molecule has 0 spiro atoms. The quantitative estimate of drug-likeness (QED) is 0.273. The van der Waals surface area contributed by atoms with E-state index in [2.05, 4.69) is 31.2 Å². The lowest BCUT2D eigenvalue weighted by atomic mass is 10.1. The third kappa shape index (κ3) is 5.30. The van der Waals surface area contributed by atoms with E-state index in [0.717, 1.165) is 21.3 Å². The van der Waals surface area contributed by atoms with Gasteiger partial charge in [0.15, 0.2) is 5.58 Å².